The van der Waals surface area contributed by atoms with Crippen molar-refractivity contribution >= 4 is 11.6 Å². The number of rotatable bonds is 4. The van der Waals surface area contributed by atoms with Gasteiger partial charge in [-0.2, -0.15) is 0 Å². The molecule has 1 saturated heterocycles. The lowest BCUT2D eigenvalue weighted by Crippen LogP contribution is -2.55. The van der Waals surface area contributed by atoms with Crippen molar-refractivity contribution in [2.75, 3.05) is 6.61 Å². The van der Waals surface area contributed by atoms with E-state index in [-0.39, 0.29) is 11.5 Å². The van der Waals surface area contributed by atoms with Crippen molar-refractivity contribution in [3.05, 3.63) is 58.1 Å². The number of hydrogen-bond acceptors (Lipinski definition) is 7. The van der Waals surface area contributed by atoms with E-state index in [0.717, 1.165) is 0 Å². The van der Waals surface area contributed by atoms with Crippen LogP contribution >= 0.6 is 11.6 Å². The largest absolute Gasteiger partial charge is 0.504 e. The van der Waals surface area contributed by atoms with E-state index in [1.165, 1.54) is 12.1 Å². The second kappa shape index (κ2) is 8.02. The monoisotopic (exact) mass is 396 g/mol. The summed E-state index contributed by atoms with van der Waals surface area (Å²) in [6.45, 7) is -0.505. The lowest BCUT2D eigenvalue weighted by atomic mass is 9.90. The van der Waals surface area contributed by atoms with Gasteiger partial charge < -0.3 is 35.4 Å². The molecule has 0 amide bonds. The first-order valence-corrected chi connectivity index (χ1v) is 8.79. The Hall–Kier alpha value is -1.87. The van der Waals surface area contributed by atoms with E-state index < -0.39 is 37.1 Å². The van der Waals surface area contributed by atoms with Gasteiger partial charge in [-0.3, -0.25) is 0 Å². The van der Waals surface area contributed by atoms with Crippen LogP contribution in [0.15, 0.2) is 36.4 Å². The number of hydrogen-bond donors (Lipinski definition) is 6. The van der Waals surface area contributed by atoms with Gasteiger partial charge in [0.25, 0.3) is 0 Å². The van der Waals surface area contributed by atoms with Crippen molar-refractivity contribution in [3.8, 4) is 11.5 Å². The highest BCUT2D eigenvalue weighted by Gasteiger charge is 2.43. The number of halogens is 1. The normalized spacial score (nSPS) is 28.3. The zero-order valence-corrected chi connectivity index (χ0v) is 15.0. The minimum Gasteiger partial charge on any atom is -0.504 e. The molecule has 0 saturated carbocycles. The second-order valence-electron chi connectivity index (χ2n) is 6.60. The Kier molecular flexibility index (Phi) is 5.90. The van der Waals surface area contributed by atoms with Crippen molar-refractivity contribution in [2.45, 2.75) is 36.9 Å². The molecule has 1 aliphatic heterocycles. The number of aliphatic hydroxyl groups is 4. The Morgan fingerprint density at radius 2 is 1.63 bits per heavy atom. The van der Waals surface area contributed by atoms with Gasteiger partial charge in [0.05, 0.1) is 6.61 Å². The van der Waals surface area contributed by atoms with Crippen molar-refractivity contribution < 1.29 is 35.4 Å². The Balaban J connectivity index is 1.89. The molecule has 0 bridgehead atoms. The third-order valence-electron chi connectivity index (χ3n) is 4.72. The van der Waals surface area contributed by atoms with E-state index >= 15 is 0 Å². The molecule has 8 heteroatoms. The maximum Gasteiger partial charge on any atom is 0.157 e. The van der Waals surface area contributed by atoms with Crippen LogP contribution in [-0.2, 0) is 11.2 Å². The first kappa shape index (κ1) is 19.9. The van der Waals surface area contributed by atoms with Crippen molar-refractivity contribution in [1.29, 1.82) is 0 Å². The van der Waals surface area contributed by atoms with Crippen LogP contribution in [-0.4, -0.2) is 61.7 Å². The van der Waals surface area contributed by atoms with Gasteiger partial charge in [0.2, 0.25) is 0 Å². The Morgan fingerprint density at radius 3 is 2.30 bits per heavy atom. The lowest BCUT2D eigenvalue weighted by molar-refractivity contribution is -0.231. The molecule has 27 heavy (non-hydrogen) atoms. The number of ether oxygens (including phenoxy) is 1. The molecule has 3 rings (SSSR count). The summed E-state index contributed by atoms with van der Waals surface area (Å²) in [5.41, 5.74) is 1.91. The minimum atomic E-state index is -1.46. The van der Waals surface area contributed by atoms with E-state index in [9.17, 15) is 30.6 Å². The average molecular weight is 397 g/mol. The summed E-state index contributed by atoms with van der Waals surface area (Å²) in [6.07, 6.45) is -5.87. The Labute approximate surface area is 160 Å². The third-order valence-corrected chi connectivity index (χ3v) is 5.09. The van der Waals surface area contributed by atoms with Gasteiger partial charge in [-0.1, -0.05) is 29.8 Å². The molecule has 0 aromatic heterocycles. The third kappa shape index (κ3) is 4.03. The maximum absolute atomic E-state index is 10.3. The maximum atomic E-state index is 10.3. The summed E-state index contributed by atoms with van der Waals surface area (Å²) < 4.78 is 5.57. The molecule has 1 fully saturated rings. The molecule has 1 aliphatic rings. The number of phenolic OH excluding ortho intramolecular Hbond substituents is 2. The molecule has 146 valence electrons. The van der Waals surface area contributed by atoms with E-state index in [0.29, 0.717) is 28.1 Å². The molecule has 0 spiro atoms. The van der Waals surface area contributed by atoms with E-state index in [2.05, 4.69) is 0 Å². The number of aromatic hydroxyl groups is 2. The van der Waals surface area contributed by atoms with Crippen molar-refractivity contribution in [1.82, 2.24) is 0 Å². The van der Waals surface area contributed by atoms with Crippen LogP contribution in [0.1, 0.15) is 22.8 Å². The van der Waals surface area contributed by atoms with Crippen molar-refractivity contribution in [2.24, 2.45) is 0 Å². The Morgan fingerprint density at radius 1 is 0.889 bits per heavy atom. The number of phenols is 2. The highest BCUT2D eigenvalue weighted by atomic mass is 35.5. The summed E-state index contributed by atoms with van der Waals surface area (Å²) >= 11 is 6.26. The van der Waals surface area contributed by atoms with E-state index in [1.54, 1.807) is 24.3 Å². The number of benzene rings is 2. The van der Waals surface area contributed by atoms with Crippen LogP contribution in [0.2, 0.25) is 5.02 Å². The van der Waals surface area contributed by atoms with E-state index in [4.69, 9.17) is 16.3 Å². The average Bonchev–Trinajstić information content (AvgIpc) is 2.65. The summed E-state index contributed by atoms with van der Waals surface area (Å²) in [4.78, 5) is 0. The predicted molar refractivity (Wildman–Crippen MR) is 96.7 cm³/mol. The van der Waals surface area contributed by atoms with Gasteiger partial charge >= 0.3 is 0 Å². The van der Waals surface area contributed by atoms with Gasteiger partial charge in [-0.05, 0) is 41.3 Å². The van der Waals surface area contributed by atoms with Gasteiger partial charge in [0.15, 0.2) is 11.5 Å². The molecule has 2 aromatic carbocycles. The minimum absolute atomic E-state index is 0.222. The molecule has 5 atom stereocenters. The summed E-state index contributed by atoms with van der Waals surface area (Å²) in [5.74, 6) is -0.464. The van der Waals surface area contributed by atoms with Crippen LogP contribution in [0.5, 0.6) is 11.5 Å². The van der Waals surface area contributed by atoms with Gasteiger partial charge in [0, 0.05) is 5.02 Å². The molecule has 1 heterocycles. The molecule has 0 aliphatic carbocycles. The first-order chi connectivity index (χ1) is 12.8. The summed E-state index contributed by atoms with van der Waals surface area (Å²) in [5, 5.41) is 59.0. The van der Waals surface area contributed by atoms with Crippen LogP contribution < -0.4 is 0 Å². The highest BCUT2D eigenvalue weighted by Crippen LogP contribution is 2.35. The highest BCUT2D eigenvalue weighted by molar-refractivity contribution is 6.31. The second-order valence-corrected chi connectivity index (χ2v) is 7.01. The van der Waals surface area contributed by atoms with Crippen LogP contribution in [0.4, 0.5) is 0 Å². The van der Waals surface area contributed by atoms with Gasteiger partial charge in [-0.15, -0.1) is 0 Å². The molecule has 2 aromatic rings. The SMILES string of the molecule is OCC1OC(c2ccc(Cl)c(Cc3ccc(O)c(O)c3)c2)C(O)C(O)C1O. The molecule has 7 nitrogen and oxygen atoms in total. The standard InChI is InChI=1S/C19H21ClO7/c20-12-3-2-10(19-18(26)17(25)16(24)15(8-21)27-19)7-11(12)5-9-1-4-13(22)14(23)6-9/h1-4,6-7,15-19,21-26H,5,8H2. The zero-order chi connectivity index (χ0) is 19.7. The van der Waals surface area contributed by atoms with Crippen LogP contribution in [0.3, 0.4) is 0 Å². The fourth-order valence-corrected chi connectivity index (χ4v) is 3.37. The predicted octanol–water partition coefficient (Wildman–Crippen LogP) is 0.857. The zero-order valence-electron chi connectivity index (χ0n) is 14.2. The van der Waals surface area contributed by atoms with Gasteiger partial charge in [0.1, 0.15) is 30.5 Å². The molecular weight excluding hydrogens is 376 g/mol. The first-order valence-electron chi connectivity index (χ1n) is 8.41. The van der Waals surface area contributed by atoms with Crippen LogP contribution in [0.25, 0.3) is 0 Å². The van der Waals surface area contributed by atoms with Gasteiger partial charge in [-0.25, -0.2) is 0 Å². The smallest absolute Gasteiger partial charge is 0.157 e. The molecule has 0 radical (unpaired) electrons. The molecule has 6 N–H and O–H groups in total. The molecule has 5 unspecified atom stereocenters. The topological polar surface area (TPSA) is 131 Å². The van der Waals surface area contributed by atoms with Crippen LogP contribution in [0, 0.1) is 0 Å². The lowest BCUT2D eigenvalue weighted by Gasteiger charge is -2.40. The summed E-state index contributed by atoms with van der Waals surface area (Å²) in [7, 11) is 0. The summed E-state index contributed by atoms with van der Waals surface area (Å²) in [6, 6.07) is 9.39. The Bertz CT molecular complexity index is 811. The fraction of sp³-hybridized carbons (Fsp3) is 0.368. The molecular formula is C19H21ClO7. The van der Waals surface area contributed by atoms with E-state index in [1.807, 2.05) is 0 Å². The number of aliphatic hydroxyl groups excluding tert-OH is 4. The van der Waals surface area contributed by atoms with Crippen molar-refractivity contribution in [3.63, 3.8) is 0 Å². The fourth-order valence-electron chi connectivity index (χ4n) is 3.18. The quantitative estimate of drug-likeness (QED) is 0.422.